The van der Waals surface area contributed by atoms with Crippen LogP contribution in [0.3, 0.4) is 0 Å². The van der Waals surface area contributed by atoms with Crippen molar-refractivity contribution in [1.29, 1.82) is 5.26 Å². The lowest BCUT2D eigenvalue weighted by Gasteiger charge is -2.26. The quantitative estimate of drug-likeness (QED) is 0.166. The number of nitrogens with zero attached hydrogens (tertiary/aromatic N) is 5. The molecule has 4 aromatic carbocycles. The minimum absolute atomic E-state index is 0.390. The van der Waals surface area contributed by atoms with Crippen LogP contribution in [0.25, 0.3) is 0 Å². The van der Waals surface area contributed by atoms with E-state index in [-0.39, 0.29) is 0 Å². The van der Waals surface area contributed by atoms with Gasteiger partial charge in [0.1, 0.15) is 17.8 Å². The number of benzene rings is 4. The summed E-state index contributed by atoms with van der Waals surface area (Å²) in [6.45, 7) is 1.37. The van der Waals surface area contributed by atoms with Gasteiger partial charge in [-0.25, -0.2) is 0 Å². The highest BCUT2D eigenvalue weighted by atomic mass is 35.5. The van der Waals surface area contributed by atoms with Crippen LogP contribution >= 0.6 is 34.8 Å². The topological polar surface area (TPSA) is 67.0 Å². The fraction of sp³-hybridized carbons (Fsp3) is 0.100. The normalized spacial score (nSPS) is 10.7. The van der Waals surface area contributed by atoms with Crippen LogP contribution in [-0.2, 0) is 19.6 Å². The fourth-order valence-corrected chi connectivity index (χ4v) is 4.75. The highest BCUT2D eigenvalue weighted by Crippen LogP contribution is 2.34. The molecule has 0 aliphatic rings. The highest BCUT2D eigenvalue weighted by molar-refractivity contribution is 6.44. The van der Waals surface area contributed by atoms with Crippen molar-refractivity contribution in [3.8, 4) is 17.6 Å². The SMILES string of the molecule is N#Cc1ccc(Cn2cnnc2CN(Cc2c(Cl)ccc(Cl)c2Cl)c2ccc(Oc3ccccc3)cc2)cc1. The molecule has 194 valence electrons. The third-order valence-corrected chi connectivity index (χ3v) is 7.33. The zero-order chi connectivity index (χ0) is 27.2. The predicted octanol–water partition coefficient (Wildman–Crippen LogP) is 8.16. The number of anilines is 1. The minimum atomic E-state index is 0.390. The Labute approximate surface area is 241 Å². The van der Waals surface area contributed by atoms with E-state index in [1.807, 2.05) is 71.3 Å². The average molecular weight is 575 g/mol. The summed E-state index contributed by atoms with van der Waals surface area (Å²) in [6.07, 6.45) is 1.70. The van der Waals surface area contributed by atoms with Gasteiger partial charge in [-0.05, 0) is 66.2 Å². The van der Waals surface area contributed by atoms with Crippen LogP contribution in [0.15, 0.2) is 97.3 Å². The maximum atomic E-state index is 9.09. The molecule has 1 aromatic heterocycles. The fourth-order valence-electron chi connectivity index (χ4n) is 4.08. The Morgan fingerprint density at radius 3 is 2.21 bits per heavy atom. The Morgan fingerprint density at radius 2 is 1.49 bits per heavy atom. The van der Waals surface area contributed by atoms with Crippen LogP contribution in [0.1, 0.15) is 22.5 Å². The molecular weight excluding hydrogens is 553 g/mol. The number of nitriles is 1. The van der Waals surface area contributed by atoms with Crippen LogP contribution < -0.4 is 9.64 Å². The monoisotopic (exact) mass is 573 g/mol. The summed E-state index contributed by atoms with van der Waals surface area (Å²) < 4.78 is 7.94. The molecule has 9 heteroatoms. The lowest BCUT2D eigenvalue weighted by Crippen LogP contribution is -2.25. The lowest BCUT2D eigenvalue weighted by atomic mass is 10.1. The van der Waals surface area contributed by atoms with Crippen molar-refractivity contribution in [1.82, 2.24) is 14.8 Å². The van der Waals surface area contributed by atoms with E-state index in [1.165, 1.54) is 0 Å². The summed E-state index contributed by atoms with van der Waals surface area (Å²) in [4.78, 5) is 2.11. The standard InChI is InChI=1S/C30H22Cl3N5O/c31-27-14-15-28(32)30(33)26(27)18-37(23-10-12-25(13-11-23)39-24-4-2-1-3-5-24)19-29-36-35-20-38(29)17-22-8-6-21(16-34)7-9-22/h1-15,20H,17-19H2. The van der Waals surface area contributed by atoms with Crippen molar-refractivity contribution in [3.63, 3.8) is 0 Å². The Hall–Kier alpha value is -4.02. The molecule has 6 nitrogen and oxygen atoms in total. The molecule has 39 heavy (non-hydrogen) atoms. The minimum Gasteiger partial charge on any atom is -0.457 e. The van der Waals surface area contributed by atoms with Gasteiger partial charge in [0.25, 0.3) is 0 Å². The third kappa shape index (κ3) is 6.52. The number of rotatable bonds is 9. The van der Waals surface area contributed by atoms with Gasteiger partial charge in [-0.1, -0.05) is 65.1 Å². The zero-order valence-corrected chi connectivity index (χ0v) is 22.9. The van der Waals surface area contributed by atoms with Crippen LogP contribution in [-0.4, -0.2) is 14.8 Å². The largest absolute Gasteiger partial charge is 0.457 e. The third-order valence-electron chi connectivity index (χ3n) is 6.13. The van der Waals surface area contributed by atoms with Gasteiger partial charge in [0, 0.05) is 22.8 Å². The van der Waals surface area contributed by atoms with Crippen LogP contribution in [0.2, 0.25) is 15.1 Å². The van der Waals surface area contributed by atoms with E-state index < -0.39 is 0 Å². The lowest BCUT2D eigenvalue weighted by molar-refractivity contribution is 0.482. The van der Waals surface area contributed by atoms with E-state index in [1.54, 1.807) is 30.6 Å². The molecule has 0 N–H and O–H groups in total. The van der Waals surface area contributed by atoms with Crippen molar-refractivity contribution in [2.24, 2.45) is 0 Å². The first-order chi connectivity index (χ1) is 19.0. The second-order valence-electron chi connectivity index (χ2n) is 8.77. The van der Waals surface area contributed by atoms with Gasteiger partial charge in [-0.3, -0.25) is 0 Å². The van der Waals surface area contributed by atoms with E-state index in [0.29, 0.717) is 51.6 Å². The van der Waals surface area contributed by atoms with Crippen LogP contribution in [0.5, 0.6) is 11.5 Å². The van der Waals surface area contributed by atoms with Crippen molar-refractivity contribution in [3.05, 3.63) is 135 Å². The molecule has 0 spiro atoms. The first-order valence-electron chi connectivity index (χ1n) is 12.1. The smallest absolute Gasteiger partial charge is 0.152 e. The molecule has 0 aliphatic carbocycles. The summed E-state index contributed by atoms with van der Waals surface area (Å²) in [7, 11) is 0. The highest BCUT2D eigenvalue weighted by Gasteiger charge is 2.18. The second-order valence-corrected chi connectivity index (χ2v) is 9.96. The number of aromatic nitrogens is 3. The summed E-state index contributed by atoms with van der Waals surface area (Å²) in [5.74, 6) is 2.22. The molecule has 0 saturated heterocycles. The first kappa shape index (κ1) is 26.6. The number of hydrogen-bond donors (Lipinski definition) is 0. The molecule has 0 unspecified atom stereocenters. The van der Waals surface area contributed by atoms with E-state index in [2.05, 4.69) is 21.2 Å². The predicted molar refractivity (Wildman–Crippen MR) is 155 cm³/mol. The maximum Gasteiger partial charge on any atom is 0.152 e. The van der Waals surface area contributed by atoms with E-state index in [9.17, 15) is 0 Å². The van der Waals surface area contributed by atoms with E-state index in [4.69, 9.17) is 44.8 Å². The van der Waals surface area contributed by atoms with Gasteiger partial charge in [0.2, 0.25) is 0 Å². The molecule has 0 saturated carbocycles. The summed E-state index contributed by atoms with van der Waals surface area (Å²) >= 11 is 19.4. The van der Waals surface area contributed by atoms with Crippen LogP contribution in [0.4, 0.5) is 5.69 Å². The molecule has 5 aromatic rings. The van der Waals surface area contributed by atoms with Gasteiger partial charge in [0.15, 0.2) is 5.82 Å². The summed E-state index contributed by atoms with van der Waals surface area (Å²) in [6, 6.07) is 30.4. The Kier molecular flexibility index (Phi) is 8.33. The van der Waals surface area contributed by atoms with Gasteiger partial charge in [-0.2, -0.15) is 5.26 Å². The van der Waals surface area contributed by atoms with Gasteiger partial charge >= 0.3 is 0 Å². The second kappa shape index (κ2) is 12.2. The van der Waals surface area contributed by atoms with Crippen molar-refractivity contribution in [2.45, 2.75) is 19.6 Å². The number of hydrogen-bond acceptors (Lipinski definition) is 5. The van der Waals surface area contributed by atoms with Crippen molar-refractivity contribution >= 4 is 40.5 Å². The molecule has 0 bridgehead atoms. The summed E-state index contributed by atoms with van der Waals surface area (Å²) in [5.41, 5.74) is 3.28. The molecule has 0 amide bonds. The van der Waals surface area contributed by atoms with Crippen molar-refractivity contribution < 1.29 is 4.74 Å². The average Bonchev–Trinajstić information content (AvgIpc) is 3.40. The Balaban J connectivity index is 1.43. The molecule has 0 aliphatic heterocycles. The number of ether oxygens (including phenoxy) is 1. The Morgan fingerprint density at radius 1 is 0.795 bits per heavy atom. The van der Waals surface area contributed by atoms with Gasteiger partial charge < -0.3 is 14.2 Å². The van der Waals surface area contributed by atoms with Crippen LogP contribution in [0, 0.1) is 11.3 Å². The Bertz CT molecular complexity index is 1600. The van der Waals surface area contributed by atoms with Gasteiger partial charge in [-0.15, -0.1) is 10.2 Å². The molecule has 0 fully saturated rings. The maximum absolute atomic E-state index is 9.09. The van der Waals surface area contributed by atoms with E-state index in [0.717, 1.165) is 22.8 Å². The first-order valence-corrected chi connectivity index (χ1v) is 13.2. The molecule has 0 radical (unpaired) electrons. The number of para-hydroxylation sites is 1. The molecule has 5 rings (SSSR count). The summed E-state index contributed by atoms with van der Waals surface area (Å²) in [5, 5.41) is 19.0. The molecule has 1 heterocycles. The van der Waals surface area contributed by atoms with Crippen molar-refractivity contribution in [2.75, 3.05) is 4.90 Å². The molecule has 0 atom stereocenters. The zero-order valence-electron chi connectivity index (χ0n) is 20.6. The van der Waals surface area contributed by atoms with E-state index >= 15 is 0 Å². The molecular formula is C30H22Cl3N5O. The van der Waals surface area contributed by atoms with Gasteiger partial charge in [0.05, 0.1) is 34.8 Å². The number of halogens is 3.